The highest BCUT2D eigenvalue weighted by molar-refractivity contribution is 5.94. The quantitative estimate of drug-likeness (QED) is 0.716. The highest BCUT2D eigenvalue weighted by Gasteiger charge is 2.25. The molecule has 0 aliphatic carbocycles. The fraction of sp³-hybridized carbons (Fsp3) is 0.643. The van der Waals surface area contributed by atoms with Gasteiger partial charge in [-0.3, -0.25) is 14.7 Å². The number of likely N-dealkylation sites (tertiary alicyclic amines) is 1. The lowest BCUT2D eigenvalue weighted by Gasteiger charge is -2.21. The Morgan fingerprint density at radius 2 is 2.33 bits per heavy atom. The normalized spacial score (nSPS) is 19.5. The molecule has 1 atom stereocenters. The minimum atomic E-state index is -0.171. The van der Waals surface area contributed by atoms with Gasteiger partial charge in [-0.05, 0) is 13.3 Å². The molecule has 3 heterocycles. The Morgan fingerprint density at radius 3 is 3.10 bits per heavy atom. The number of aromatic nitrogens is 2. The molecular formula is C14H21N5O2. The van der Waals surface area contributed by atoms with E-state index in [0.29, 0.717) is 25.2 Å². The zero-order valence-corrected chi connectivity index (χ0v) is 12.2. The Kier molecular flexibility index (Phi) is 3.92. The summed E-state index contributed by atoms with van der Waals surface area (Å²) < 4.78 is 0. The third-order valence-corrected chi connectivity index (χ3v) is 4.06. The highest BCUT2D eigenvalue weighted by atomic mass is 16.2. The summed E-state index contributed by atoms with van der Waals surface area (Å²) in [6.07, 6.45) is 2.41. The van der Waals surface area contributed by atoms with Crippen molar-refractivity contribution in [2.45, 2.75) is 38.8 Å². The van der Waals surface area contributed by atoms with E-state index in [1.807, 2.05) is 11.8 Å². The average Bonchev–Trinajstić information content (AvgIpc) is 3.05. The smallest absolute Gasteiger partial charge is 0.272 e. The number of nitrogens with one attached hydrogen (secondary N) is 3. The Labute approximate surface area is 123 Å². The number of H-pyrrole nitrogens is 1. The topological polar surface area (TPSA) is 90.1 Å². The van der Waals surface area contributed by atoms with Crippen molar-refractivity contribution in [1.29, 1.82) is 0 Å². The van der Waals surface area contributed by atoms with Gasteiger partial charge in [-0.2, -0.15) is 5.10 Å². The van der Waals surface area contributed by atoms with Gasteiger partial charge in [0.1, 0.15) is 0 Å². The zero-order chi connectivity index (χ0) is 14.8. The number of aromatic amines is 1. The summed E-state index contributed by atoms with van der Waals surface area (Å²) in [5.74, 6) is 0.00722. The molecule has 0 saturated carbocycles. The molecule has 0 aromatic carbocycles. The van der Waals surface area contributed by atoms with Crippen LogP contribution in [0, 0.1) is 0 Å². The van der Waals surface area contributed by atoms with Crippen molar-refractivity contribution < 1.29 is 9.59 Å². The molecule has 1 aromatic heterocycles. The van der Waals surface area contributed by atoms with Gasteiger partial charge >= 0.3 is 0 Å². The maximum absolute atomic E-state index is 12.3. The van der Waals surface area contributed by atoms with E-state index >= 15 is 0 Å². The van der Waals surface area contributed by atoms with Gasteiger partial charge in [0.25, 0.3) is 5.91 Å². The van der Waals surface area contributed by atoms with Gasteiger partial charge in [-0.25, -0.2) is 0 Å². The van der Waals surface area contributed by atoms with Crippen molar-refractivity contribution in [3.63, 3.8) is 0 Å². The van der Waals surface area contributed by atoms with Gasteiger partial charge in [-0.15, -0.1) is 0 Å². The Balaban J connectivity index is 1.60. The summed E-state index contributed by atoms with van der Waals surface area (Å²) in [5, 5.41) is 13.3. The number of rotatable bonds is 4. The van der Waals surface area contributed by atoms with Crippen LogP contribution in [0.2, 0.25) is 0 Å². The van der Waals surface area contributed by atoms with Gasteiger partial charge in [0.05, 0.1) is 0 Å². The molecule has 2 aliphatic rings. The van der Waals surface area contributed by atoms with Crippen LogP contribution in [0.3, 0.4) is 0 Å². The first-order valence-corrected chi connectivity index (χ1v) is 7.50. The third kappa shape index (κ3) is 2.92. The van der Waals surface area contributed by atoms with Crippen LogP contribution in [0.25, 0.3) is 0 Å². The van der Waals surface area contributed by atoms with Gasteiger partial charge in [0.2, 0.25) is 5.91 Å². The van der Waals surface area contributed by atoms with Crippen LogP contribution >= 0.6 is 0 Å². The van der Waals surface area contributed by atoms with E-state index in [1.165, 1.54) is 0 Å². The molecule has 114 valence electrons. The Hall–Kier alpha value is -1.89. The molecule has 2 aliphatic heterocycles. The van der Waals surface area contributed by atoms with E-state index < -0.39 is 0 Å². The van der Waals surface area contributed by atoms with Gasteiger partial charge < -0.3 is 15.5 Å². The molecule has 2 amide bonds. The van der Waals surface area contributed by atoms with Gasteiger partial charge in [0.15, 0.2) is 5.69 Å². The van der Waals surface area contributed by atoms with E-state index in [9.17, 15) is 9.59 Å². The third-order valence-electron chi connectivity index (χ3n) is 4.06. The number of hydrogen-bond acceptors (Lipinski definition) is 4. The second-order valence-electron chi connectivity index (χ2n) is 5.77. The van der Waals surface area contributed by atoms with E-state index in [0.717, 1.165) is 37.2 Å². The summed E-state index contributed by atoms with van der Waals surface area (Å²) >= 11 is 0. The number of amides is 2. The SMILES string of the molecule is CC(CN1CCCC1=O)NC(=O)c1n[nH]c2c1CNCC2. The molecule has 7 nitrogen and oxygen atoms in total. The summed E-state index contributed by atoms with van der Waals surface area (Å²) in [7, 11) is 0. The fourth-order valence-corrected chi connectivity index (χ4v) is 2.98. The van der Waals surface area contributed by atoms with Crippen molar-refractivity contribution in [2.75, 3.05) is 19.6 Å². The number of carbonyl (C=O) groups excluding carboxylic acids is 2. The average molecular weight is 291 g/mol. The second-order valence-corrected chi connectivity index (χ2v) is 5.77. The van der Waals surface area contributed by atoms with E-state index in [-0.39, 0.29) is 17.9 Å². The Bertz CT molecular complexity index is 554. The molecule has 0 spiro atoms. The molecule has 1 aromatic rings. The van der Waals surface area contributed by atoms with Crippen molar-refractivity contribution in [2.24, 2.45) is 0 Å². The number of carbonyl (C=O) groups is 2. The minimum absolute atomic E-state index is 0.0801. The van der Waals surface area contributed by atoms with E-state index in [2.05, 4.69) is 20.8 Å². The maximum Gasteiger partial charge on any atom is 0.272 e. The first-order chi connectivity index (χ1) is 10.1. The molecule has 0 bridgehead atoms. The molecule has 3 rings (SSSR count). The standard InChI is InChI=1S/C14H21N5O2/c1-9(8-19-6-2-3-12(19)20)16-14(21)13-10-7-15-5-4-11(10)17-18-13/h9,15H,2-8H2,1H3,(H,16,21)(H,17,18). The first kappa shape index (κ1) is 14.1. The number of hydrogen-bond donors (Lipinski definition) is 3. The molecule has 3 N–H and O–H groups in total. The van der Waals surface area contributed by atoms with Crippen molar-refractivity contribution in [1.82, 2.24) is 25.7 Å². The second kappa shape index (κ2) is 5.85. The van der Waals surface area contributed by atoms with Crippen LogP contribution in [-0.4, -0.2) is 52.6 Å². The van der Waals surface area contributed by atoms with Crippen LogP contribution in [0.4, 0.5) is 0 Å². The predicted octanol–water partition coefficient (Wildman–Crippen LogP) is -0.204. The summed E-state index contributed by atoms with van der Waals surface area (Å²) in [6.45, 7) is 4.86. The molecule has 0 radical (unpaired) electrons. The Morgan fingerprint density at radius 1 is 1.48 bits per heavy atom. The maximum atomic E-state index is 12.3. The predicted molar refractivity (Wildman–Crippen MR) is 76.7 cm³/mol. The van der Waals surface area contributed by atoms with Gasteiger partial charge in [0, 0.05) is 56.3 Å². The largest absolute Gasteiger partial charge is 0.346 e. The van der Waals surface area contributed by atoms with Crippen molar-refractivity contribution in [3.8, 4) is 0 Å². The molecule has 7 heteroatoms. The lowest BCUT2D eigenvalue weighted by atomic mass is 10.1. The zero-order valence-electron chi connectivity index (χ0n) is 12.2. The highest BCUT2D eigenvalue weighted by Crippen LogP contribution is 2.15. The van der Waals surface area contributed by atoms with Crippen LogP contribution in [-0.2, 0) is 17.8 Å². The number of nitrogens with zero attached hydrogens (tertiary/aromatic N) is 2. The lowest BCUT2D eigenvalue weighted by Crippen LogP contribution is -2.43. The van der Waals surface area contributed by atoms with E-state index in [1.54, 1.807) is 0 Å². The van der Waals surface area contributed by atoms with Crippen LogP contribution < -0.4 is 10.6 Å². The molecule has 1 unspecified atom stereocenters. The first-order valence-electron chi connectivity index (χ1n) is 7.50. The van der Waals surface area contributed by atoms with Crippen LogP contribution in [0.15, 0.2) is 0 Å². The molecular weight excluding hydrogens is 270 g/mol. The van der Waals surface area contributed by atoms with Gasteiger partial charge in [-0.1, -0.05) is 0 Å². The summed E-state index contributed by atoms with van der Waals surface area (Å²) in [4.78, 5) is 25.7. The molecule has 1 fully saturated rings. The fourth-order valence-electron chi connectivity index (χ4n) is 2.98. The van der Waals surface area contributed by atoms with E-state index in [4.69, 9.17) is 0 Å². The lowest BCUT2D eigenvalue weighted by molar-refractivity contribution is -0.127. The van der Waals surface area contributed by atoms with Crippen molar-refractivity contribution in [3.05, 3.63) is 17.0 Å². The monoisotopic (exact) mass is 291 g/mol. The van der Waals surface area contributed by atoms with Crippen LogP contribution in [0.5, 0.6) is 0 Å². The van der Waals surface area contributed by atoms with Crippen molar-refractivity contribution >= 4 is 11.8 Å². The summed E-state index contributed by atoms with van der Waals surface area (Å²) in [5.41, 5.74) is 2.47. The minimum Gasteiger partial charge on any atom is -0.346 e. The number of fused-ring (bicyclic) bond motifs is 1. The molecule has 21 heavy (non-hydrogen) atoms. The summed E-state index contributed by atoms with van der Waals surface area (Å²) in [6, 6.07) is -0.0801. The van der Waals surface area contributed by atoms with Crippen LogP contribution in [0.1, 0.15) is 41.5 Å². The molecule has 1 saturated heterocycles.